The molecule has 2 aromatic carbocycles. The maximum atomic E-state index is 13.1. The molecule has 0 spiro atoms. The average molecular weight is 495 g/mol. The van der Waals surface area contributed by atoms with Crippen molar-refractivity contribution in [1.82, 2.24) is 19.9 Å². The first-order valence-electron chi connectivity index (χ1n) is 11.1. The fraction of sp³-hybridized carbons (Fsp3) is 0.240. The predicted molar refractivity (Wildman–Crippen MR) is 137 cm³/mol. The molecule has 1 amide bonds. The molecule has 2 unspecified atom stereocenters. The zero-order chi connectivity index (χ0) is 23.5. The van der Waals surface area contributed by atoms with Gasteiger partial charge >= 0.3 is 0 Å². The number of carbonyl (C=O) groups excluding carboxylic acids is 1. The van der Waals surface area contributed by atoms with E-state index >= 15 is 0 Å². The fourth-order valence-electron chi connectivity index (χ4n) is 4.53. The van der Waals surface area contributed by atoms with E-state index in [1.807, 2.05) is 23.2 Å². The standard InChI is InChI=1S/C25H24Cl2N6O/c26-17-10-18(27)12-19(11-17)29-13-23(34)33-9-7-20(16-4-2-1-3-5-16)22(14-33)32-25-21-6-8-28-24(21)30-15-31-25/h1-6,8,10-12,15,20,22,29H,7,9,13-14H2,(H2,28,30,31,32). The van der Waals surface area contributed by atoms with Crippen LogP contribution in [0.15, 0.2) is 67.1 Å². The van der Waals surface area contributed by atoms with E-state index in [9.17, 15) is 4.79 Å². The number of hydrogen-bond acceptors (Lipinski definition) is 5. The van der Waals surface area contributed by atoms with Crippen LogP contribution >= 0.6 is 23.2 Å². The summed E-state index contributed by atoms with van der Waals surface area (Å²) in [7, 11) is 0. The summed E-state index contributed by atoms with van der Waals surface area (Å²) >= 11 is 12.2. The van der Waals surface area contributed by atoms with Crippen molar-refractivity contribution in [1.29, 1.82) is 0 Å². The van der Waals surface area contributed by atoms with Crippen LogP contribution in [0.1, 0.15) is 17.9 Å². The number of fused-ring (bicyclic) bond motifs is 1. The van der Waals surface area contributed by atoms with Crippen LogP contribution in [0.5, 0.6) is 0 Å². The number of halogens is 2. The van der Waals surface area contributed by atoms with E-state index in [4.69, 9.17) is 23.2 Å². The Morgan fingerprint density at radius 3 is 2.68 bits per heavy atom. The number of nitrogens with one attached hydrogen (secondary N) is 3. The molecule has 0 radical (unpaired) electrons. The number of rotatable bonds is 6. The van der Waals surface area contributed by atoms with Crippen molar-refractivity contribution in [3.8, 4) is 0 Å². The van der Waals surface area contributed by atoms with E-state index in [-0.39, 0.29) is 24.4 Å². The molecular formula is C25H24Cl2N6O. The highest BCUT2D eigenvalue weighted by molar-refractivity contribution is 6.35. The Balaban J connectivity index is 1.34. The third kappa shape index (κ3) is 4.95. The normalized spacial score (nSPS) is 18.1. The van der Waals surface area contributed by atoms with Crippen molar-refractivity contribution in [2.24, 2.45) is 0 Å². The molecule has 5 rings (SSSR count). The van der Waals surface area contributed by atoms with E-state index < -0.39 is 0 Å². The Bertz CT molecular complexity index is 1270. The summed E-state index contributed by atoms with van der Waals surface area (Å²) in [5.41, 5.74) is 2.75. The number of carbonyl (C=O) groups is 1. The smallest absolute Gasteiger partial charge is 0.241 e. The molecular weight excluding hydrogens is 471 g/mol. The number of hydrogen-bond donors (Lipinski definition) is 3. The summed E-state index contributed by atoms with van der Waals surface area (Å²) in [5, 5.41) is 8.73. The molecule has 34 heavy (non-hydrogen) atoms. The van der Waals surface area contributed by atoms with Gasteiger partial charge in [-0.1, -0.05) is 53.5 Å². The molecule has 0 saturated carbocycles. The summed E-state index contributed by atoms with van der Waals surface area (Å²) in [5.74, 6) is 1.02. The zero-order valence-electron chi connectivity index (χ0n) is 18.3. The van der Waals surface area contributed by atoms with Gasteiger partial charge < -0.3 is 20.5 Å². The van der Waals surface area contributed by atoms with Crippen LogP contribution < -0.4 is 10.6 Å². The van der Waals surface area contributed by atoms with E-state index in [1.54, 1.807) is 24.5 Å². The molecule has 4 aromatic rings. The molecule has 0 bridgehead atoms. The van der Waals surface area contributed by atoms with E-state index in [0.29, 0.717) is 23.1 Å². The third-order valence-electron chi connectivity index (χ3n) is 6.18. The molecule has 1 fully saturated rings. The lowest BCUT2D eigenvalue weighted by atomic mass is 9.85. The predicted octanol–water partition coefficient (Wildman–Crippen LogP) is 5.17. The molecule has 2 atom stereocenters. The summed E-state index contributed by atoms with van der Waals surface area (Å²) in [6.45, 7) is 1.40. The minimum atomic E-state index is -0.00582. The molecule has 3 heterocycles. The second kappa shape index (κ2) is 9.91. The van der Waals surface area contributed by atoms with Crippen LogP contribution in [0, 0.1) is 0 Å². The maximum Gasteiger partial charge on any atom is 0.241 e. The number of amides is 1. The van der Waals surface area contributed by atoms with Crippen LogP contribution in [0.3, 0.4) is 0 Å². The summed E-state index contributed by atoms with van der Waals surface area (Å²) in [4.78, 5) is 26.9. The van der Waals surface area contributed by atoms with Crippen LogP contribution in [0.25, 0.3) is 11.0 Å². The van der Waals surface area contributed by atoms with Crippen molar-refractivity contribution < 1.29 is 4.79 Å². The number of likely N-dealkylation sites (tertiary alicyclic amines) is 1. The van der Waals surface area contributed by atoms with Gasteiger partial charge in [-0.25, -0.2) is 9.97 Å². The van der Waals surface area contributed by atoms with Gasteiger partial charge in [0.15, 0.2) is 0 Å². The Kier molecular flexibility index (Phi) is 6.56. The molecule has 1 aliphatic heterocycles. The minimum absolute atomic E-state index is 0.00582. The summed E-state index contributed by atoms with van der Waals surface area (Å²) in [6, 6.07) is 17.5. The van der Waals surface area contributed by atoms with Gasteiger partial charge in [0.1, 0.15) is 17.8 Å². The quantitative estimate of drug-likeness (QED) is 0.344. The first-order valence-corrected chi connectivity index (χ1v) is 11.9. The van der Waals surface area contributed by atoms with Crippen molar-refractivity contribution in [3.05, 3.63) is 82.7 Å². The van der Waals surface area contributed by atoms with Crippen LogP contribution in [0.2, 0.25) is 10.0 Å². The van der Waals surface area contributed by atoms with Gasteiger partial charge in [-0.2, -0.15) is 0 Å². The molecule has 9 heteroatoms. The highest BCUT2D eigenvalue weighted by Crippen LogP contribution is 2.32. The second-order valence-corrected chi connectivity index (χ2v) is 9.24. The van der Waals surface area contributed by atoms with Gasteiger partial charge in [-0.15, -0.1) is 0 Å². The number of nitrogens with zero attached hydrogens (tertiary/aromatic N) is 3. The SMILES string of the molecule is O=C(CNc1cc(Cl)cc(Cl)c1)N1CCC(c2ccccc2)C(Nc2ncnc3[nH]ccc23)C1. The molecule has 1 aliphatic rings. The lowest BCUT2D eigenvalue weighted by Gasteiger charge is -2.39. The number of aromatic nitrogens is 3. The Morgan fingerprint density at radius 2 is 1.88 bits per heavy atom. The van der Waals surface area contributed by atoms with Crippen molar-refractivity contribution in [2.75, 3.05) is 30.3 Å². The number of benzene rings is 2. The number of piperidine rings is 1. The Labute approximate surface area is 207 Å². The topological polar surface area (TPSA) is 85.9 Å². The lowest BCUT2D eigenvalue weighted by Crippen LogP contribution is -2.50. The molecule has 3 N–H and O–H groups in total. The van der Waals surface area contributed by atoms with Crippen LogP contribution in [0.4, 0.5) is 11.5 Å². The number of anilines is 2. The molecule has 7 nitrogen and oxygen atoms in total. The van der Waals surface area contributed by atoms with Gasteiger partial charge in [0, 0.05) is 40.9 Å². The second-order valence-electron chi connectivity index (χ2n) is 8.37. The molecule has 0 aliphatic carbocycles. The van der Waals surface area contributed by atoms with Gasteiger partial charge in [-0.3, -0.25) is 4.79 Å². The third-order valence-corrected chi connectivity index (χ3v) is 6.61. The summed E-state index contributed by atoms with van der Waals surface area (Å²) in [6.07, 6.45) is 4.24. The van der Waals surface area contributed by atoms with Crippen LogP contribution in [-0.4, -0.2) is 51.4 Å². The van der Waals surface area contributed by atoms with Gasteiger partial charge in [0.25, 0.3) is 0 Å². The average Bonchev–Trinajstić information content (AvgIpc) is 3.32. The first-order chi connectivity index (χ1) is 16.6. The summed E-state index contributed by atoms with van der Waals surface area (Å²) < 4.78 is 0. The van der Waals surface area contributed by atoms with Crippen molar-refractivity contribution >= 4 is 51.6 Å². The number of H-pyrrole nitrogens is 1. The Hall–Kier alpha value is -3.29. The monoisotopic (exact) mass is 494 g/mol. The Morgan fingerprint density at radius 1 is 1.09 bits per heavy atom. The maximum absolute atomic E-state index is 13.1. The van der Waals surface area contributed by atoms with Crippen molar-refractivity contribution in [2.45, 2.75) is 18.4 Å². The van der Waals surface area contributed by atoms with Crippen molar-refractivity contribution in [3.63, 3.8) is 0 Å². The van der Waals surface area contributed by atoms with Gasteiger partial charge in [0.2, 0.25) is 5.91 Å². The van der Waals surface area contributed by atoms with Gasteiger partial charge in [-0.05, 0) is 36.2 Å². The number of aromatic amines is 1. The van der Waals surface area contributed by atoms with Crippen LogP contribution in [-0.2, 0) is 4.79 Å². The molecule has 2 aromatic heterocycles. The van der Waals surface area contributed by atoms with E-state index in [1.165, 1.54) is 5.56 Å². The minimum Gasteiger partial charge on any atom is -0.376 e. The van der Waals surface area contributed by atoms with E-state index in [0.717, 1.165) is 29.0 Å². The lowest BCUT2D eigenvalue weighted by molar-refractivity contribution is -0.130. The highest BCUT2D eigenvalue weighted by atomic mass is 35.5. The van der Waals surface area contributed by atoms with Gasteiger partial charge in [0.05, 0.1) is 18.0 Å². The molecule has 174 valence electrons. The zero-order valence-corrected chi connectivity index (χ0v) is 19.9. The molecule has 1 saturated heterocycles. The first kappa shape index (κ1) is 22.5. The largest absolute Gasteiger partial charge is 0.376 e. The van der Waals surface area contributed by atoms with E-state index in [2.05, 4.69) is 49.9 Å². The fourth-order valence-corrected chi connectivity index (χ4v) is 5.06. The highest BCUT2D eigenvalue weighted by Gasteiger charge is 2.33.